The van der Waals surface area contributed by atoms with Gasteiger partial charge in [-0.25, -0.2) is 4.39 Å². The molecule has 2 aromatic rings. The molecule has 20 heavy (non-hydrogen) atoms. The van der Waals surface area contributed by atoms with Crippen LogP contribution >= 0.6 is 0 Å². The first kappa shape index (κ1) is 14.7. The molecule has 3 heteroatoms. The first-order chi connectivity index (χ1) is 9.52. The summed E-state index contributed by atoms with van der Waals surface area (Å²) in [5.41, 5.74) is 8.51. The Labute approximate surface area is 119 Å². The molecule has 0 aromatic heterocycles. The number of hydrazine groups is 1. The van der Waals surface area contributed by atoms with Crippen molar-refractivity contribution in [3.63, 3.8) is 0 Å². The minimum atomic E-state index is -0.229. The second kappa shape index (κ2) is 6.16. The highest BCUT2D eigenvalue weighted by atomic mass is 19.1. The molecule has 1 atom stereocenters. The normalized spacial score (nSPS) is 12.4. The zero-order chi connectivity index (χ0) is 14.7. The summed E-state index contributed by atoms with van der Waals surface area (Å²) < 4.78 is 13.5. The second-order valence-electron chi connectivity index (χ2n) is 5.29. The number of nitrogens with two attached hydrogens (primary N) is 1. The smallest absolute Gasteiger partial charge is 0.123 e. The van der Waals surface area contributed by atoms with Gasteiger partial charge in [-0.15, -0.1) is 0 Å². The number of hydrogen-bond donors (Lipinski definition) is 2. The Kier molecular flexibility index (Phi) is 4.53. The summed E-state index contributed by atoms with van der Waals surface area (Å²) in [6.07, 6.45) is 0.749. The van der Waals surface area contributed by atoms with Crippen LogP contribution in [0.5, 0.6) is 0 Å². The summed E-state index contributed by atoms with van der Waals surface area (Å²) in [5, 5.41) is 0. The molecule has 0 bridgehead atoms. The van der Waals surface area contributed by atoms with Crippen LogP contribution in [0.4, 0.5) is 4.39 Å². The number of halogens is 1. The van der Waals surface area contributed by atoms with Crippen LogP contribution in [0.3, 0.4) is 0 Å². The molecule has 106 valence electrons. The van der Waals surface area contributed by atoms with Gasteiger partial charge in [0, 0.05) is 0 Å². The van der Waals surface area contributed by atoms with Gasteiger partial charge in [0.25, 0.3) is 0 Å². The lowest BCUT2D eigenvalue weighted by Gasteiger charge is -2.21. The van der Waals surface area contributed by atoms with Crippen molar-refractivity contribution in [2.24, 2.45) is 5.84 Å². The van der Waals surface area contributed by atoms with Crippen LogP contribution in [0.15, 0.2) is 36.4 Å². The van der Waals surface area contributed by atoms with Gasteiger partial charge >= 0.3 is 0 Å². The maximum Gasteiger partial charge on any atom is 0.123 e. The molecule has 0 aliphatic heterocycles. The average Bonchev–Trinajstić information content (AvgIpc) is 2.42. The van der Waals surface area contributed by atoms with Gasteiger partial charge < -0.3 is 0 Å². The van der Waals surface area contributed by atoms with Crippen molar-refractivity contribution >= 4 is 0 Å². The third kappa shape index (κ3) is 3.06. The van der Waals surface area contributed by atoms with E-state index < -0.39 is 0 Å². The lowest BCUT2D eigenvalue weighted by molar-refractivity contribution is 0.540. The lowest BCUT2D eigenvalue weighted by Crippen LogP contribution is -2.30. The number of hydrogen-bond acceptors (Lipinski definition) is 2. The van der Waals surface area contributed by atoms with E-state index in [4.69, 9.17) is 5.84 Å². The topological polar surface area (TPSA) is 38.0 Å². The van der Waals surface area contributed by atoms with E-state index in [-0.39, 0.29) is 11.9 Å². The van der Waals surface area contributed by atoms with Gasteiger partial charge in [0.05, 0.1) is 6.04 Å². The van der Waals surface area contributed by atoms with Crippen LogP contribution < -0.4 is 11.3 Å². The highest BCUT2D eigenvalue weighted by Gasteiger charge is 2.16. The molecule has 0 aliphatic rings. The van der Waals surface area contributed by atoms with Gasteiger partial charge in [-0.05, 0) is 67.1 Å². The molecule has 0 amide bonds. The maximum atomic E-state index is 13.5. The molecule has 2 aromatic carbocycles. The molecular weight excluding hydrogens is 251 g/mol. The van der Waals surface area contributed by atoms with E-state index in [2.05, 4.69) is 31.4 Å². The molecule has 0 aliphatic carbocycles. The monoisotopic (exact) mass is 272 g/mol. The molecule has 0 radical (unpaired) electrons. The van der Waals surface area contributed by atoms with Gasteiger partial charge in [-0.2, -0.15) is 0 Å². The van der Waals surface area contributed by atoms with E-state index in [0.29, 0.717) is 0 Å². The van der Waals surface area contributed by atoms with Gasteiger partial charge in [0.2, 0.25) is 0 Å². The zero-order valence-corrected chi connectivity index (χ0v) is 12.2. The molecule has 3 N–H and O–H groups in total. The first-order valence-corrected chi connectivity index (χ1v) is 6.80. The third-order valence-electron chi connectivity index (χ3n) is 3.87. The van der Waals surface area contributed by atoms with Crippen molar-refractivity contribution in [1.82, 2.24) is 5.43 Å². The minimum Gasteiger partial charge on any atom is -0.271 e. The van der Waals surface area contributed by atoms with Gasteiger partial charge in [0.1, 0.15) is 5.82 Å². The van der Waals surface area contributed by atoms with E-state index in [9.17, 15) is 4.39 Å². The Bertz CT molecular complexity index is 588. The second-order valence-corrected chi connectivity index (χ2v) is 5.29. The predicted molar refractivity (Wildman–Crippen MR) is 80.8 cm³/mol. The number of aryl methyl sites for hydroxylation is 3. The molecule has 0 saturated heterocycles. The highest BCUT2D eigenvalue weighted by molar-refractivity contribution is 5.37. The molecule has 2 rings (SSSR count). The molecular formula is C17H21FN2. The average molecular weight is 272 g/mol. The van der Waals surface area contributed by atoms with Crippen molar-refractivity contribution < 1.29 is 4.39 Å². The lowest BCUT2D eigenvalue weighted by atomic mass is 9.91. The first-order valence-electron chi connectivity index (χ1n) is 6.80. The van der Waals surface area contributed by atoms with E-state index >= 15 is 0 Å². The fraction of sp³-hybridized carbons (Fsp3) is 0.294. The molecule has 1 unspecified atom stereocenters. The molecule has 2 nitrogen and oxygen atoms in total. The fourth-order valence-corrected chi connectivity index (χ4v) is 2.62. The zero-order valence-electron chi connectivity index (χ0n) is 12.2. The summed E-state index contributed by atoms with van der Waals surface area (Å²) >= 11 is 0. The van der Waals surface area contributed by atoms with Crippen LogP contribution in [0.25, 0.3) is 0 Å². The summed E-state index contributed by atoms with van der Waals surface area (Å²) in [7, 11) is 0. The van der Waals surface area contributed by atoms with Crippen molar-refractivity contribution in [3.05, 3.63) is 70.0 Å². The largest absolute Gasteiger partial charge is 0.271 e. The SMILES string of the molecule is Cc1ccc(F)cc1C(Cc1c(C)cccc1C)NN. The molecule has 0 heterocycles. The van der Waals surface area contributed by atoms with Crippen molar-refractivity contribution in [2.45, 2.75) is 33.2 Å². The predicted octanol–water partition coefficient (Wildman–Crippen LogP) is 3.50. The van der Waals surface area contributed by atoms with Gasteiger partial charge in [0.15, 0.2) is 0 Å². The molecule has 0 saturated carbocycles. The number of nitrogens with one attached hydrogen (secondary N) is 1. The summed E-state index contributed by atoms with van der Waals surface area (Å²) in [6.45, 7) is 6.16. The van der Waals surface area contributed by atoms with Crippen LogP contribution in [0, 0.1) is 26.6 Å². The third-order valence-corrected chi connectivity index (χ3v) is 3.87. The van der Waals surface area contributed by atoms with Crippen LogP contribution in [-0.4, -0.2) is 0 Å². The Morgan fingerprint density at radius 3 is 2.30 bits per heavy atom. The summed E-state index contributed by atoms with van der Waals surface area (Å²) in [4.78, 5) is 0. The van der Waals surface area contributed by atoms with Crippen LogP contribution in [0.1, 0.15) is 33.9 Å². The number of benzene rings is 2. The Morgan fingerprint density at radius 2 is 1.70 bits per heavy atom. The van der Waals surface area contributed by atoms with Gasteiger partial charge in [-0.3, -0.25) is 11.3 Å². The minimum absolute atomic E-state index is 0.0921. The van der Waals surface area contributed by atoms with E-state index in [0.717, 1.165) is 17.5 Å². The number of rotatable bonds is 4. The Morgan fingerprint density at radius 1 is 1.05 bits per heavy atom. The van der Waals surface area contributed by atoms with E-state index in [1.165, 1.54) is 22.8 Å². The Balaban J connectivity index is 2.36. The fourth-order valence-electron chi connectivity index (χ4n) is 2.62. The summed E-state index contributed by atoms with van der Waals surface area (Å²) in [6, 6.07) is 11.0. The molecule has 0 fully saturated rings. The van der Waals surface area contributed by atoms with Crippen molar-refractivity contribution in [1.29, 1.82) is 0 Å². The maximum absolute atomic E-state index is 13.5. The van der Waals surface area contributed by atoms with E-state index in [1.807, 2.05) is 13.0 Å². The Hall–Kier alpha value is -1.71. The summed E-state index contributed by atoms with van der Waals surface area (Å²) in [5.74, 6) is 5.47. The quantitative estimate of drug-likeness (QED) is 0.660. The van der Waals surface area contributed by atoms with E-state index in [1.54, 1.807) is 12.1 Å². The highest BCUT2D eigenvalue weighted by Crippen LogP contribution is 2.25. The van der Waals surface area contributed by atoms with Crippen molar-refractivity contribution in [3.8, 4) is 0 Å². The van der Waals surface area contributed by atoms with Crippen molar-refractivity contribution in [2.75, 3.05) is 0 Å². The van der Waals surface area contributed by atoms with Crippen LogP contribution in [0.2, 0.25) is 0 Å². The molecule has 0 spiro atoms. The van der Waals surface area contributed by atoms with Crippen LogP contribution in [-0.2, 0) is 6.42 Å². The standard InChI is InChI=1S/C17H21FN2/c1-11-5-4-6-12(2)15(11)10-17(20-19)16-9-14(18)8-7-13(16)3/h4-9,17,20H,10,19H2,1-3H3. The van der Waals surface area contributed by atoms with Gasteiger partial charge in [-0.1, -0.05) is 24.3 Å².